The Hall–Kier alpha value is -2.59. The molecular weight excluding hydrogens is 445 g/mol. The van der Waals surface area contributed by atoms with E-state index in [1.807, 2.05) is 0 Å². The molecule has 0 radical (unpaired) electrons. The van der Waals surface area contributed by atoms with E-state index < -0.39 is 27.7 Å². The molecule has 2 aromatic rings. The van der Waals surface area contributed by atoms with Gasteiger partial charge >= 0.3 is 6.18 Å². The predicted octanol–water partition coefficient (Wildman–Crippen LogP) is 4.46. The Kier molecular flexibility index (Phi) is 7.45. The summed E-state index contributed by atoms with van der Waals surface area (Å²) in [5.41, 5.74) is -0.205. The molecule has 0 saturated carbocycles. The number of sulfonamides is 1. The summed E-state index contributed by atoms with van der Waals surface area (Å²) in [6.07, 6.45) is -2.04. The number of hydrogen-bond acceptors (Lipinski definition) is 4. The second kappa shape index (κ2) is 9.91. The highest BCUT2D eigenvalue weighted by Gasteiger charge is 2.30. The lowest BCUT2D eigenvalue weighted by molar-refractivity contribution is -0.137. The van der Waals surface area contributed by atoms with Crippen molar-refractivity contribution in [3.8, 4) is 5.75 Å². The van der Waals surface area contributed by atoms with Gasteiger partial charge in [0.25, 0.3) is 0 Å². The van der Waals surface area contributed by atoms with Crippen LogP contribution in [-0.4, -0.2) is 38.3 Å². The van der Waals surface area contributed by atoms with Crippen molar-refractivity contribution in [2.45, 2.75) is 43.7 Å². The molecule has 174 valence electrons. The fourth-order valence-corrected chi connectivity index (χ4v) is 5.04. The van der Waals surface area contributed by atoms with Crippen LogP contribution < -0.4 is 10.1 Å². The van der Waals surface area contributed by atoms with Crippen LogP contribution in [0.5, 0.6) is 5.75 Å². The Labute approximate surface area is 185 Å². The minimum atomic E-state index is -4.45. The summed E-state index contributed by atoms with van der Waals surface area (Å²) in [5, 5.41) is 2.63. The number of alkyl halides is 3. The summed E-state index contributed by atoms with van der Waals surface area (Å²) in [4.78, 5) is 12.6. The first-order valence-corrected chi connectivity index (χ1v) is 11.8. The molecule has 2 aromatic carbocycles. The van der Waals surface area contributed by atoms with Gasteiger partial charge in [-0.25, -0.2) is 8.42 Å². The molecule has 1 N–H and O–H groups in total. The number of hydrogen-bond donors (Lipinski definition) is 1. The number of benzene rings is 2. The second-order valence-corrected chi connectivity index (χ2v) is 9.41. The van der Waals surface area contributed by atoms with Gasteiger partial charge in [0.15, 0.2) is 0 Å². The average molecular weight is 471 g/mol. The lowest BCUT2D eigenvalue weighted by atomic mass is 10.1. The third kappa shape index (κ3) is 5.80. The number of carbonyl (C=O) groups excluding carboxylic acids is 1. The van der Waals surface area contributed by atoms with Crippen LogP contribution in [0.4, 0.5) is 18.9 Å². The quantitative estimate of drug-likeness (QED) is 0.648. The first-order valence-electron chi connectivity index (χ1n) is 10.3. The van der Waals surface area contributed by atoms with Gasteiger partial charge in [0.2, 0.25) is 15.9 Å². The van der Waals surface area contributed by atoms with E-state index in [-0.39, 0.29) is 17.0 Å². The molecule has 0 aliphatic carbocycles. The van der Waals surface area contributed by atoms with Gasteiger partial charge in [-0.05, 0) is 55.7 Å². The molecule has 0 atom stereocenters. The molecular formula is C22H25F3N2O4S. The van der Waals surface area contributed by atoms with Gasteiger partial charge in [-0.1, -0.05) is 18.6 Å². The van der Waals surface area contributed by atoms with Crippen molar-refractivity contribution in [3.63, 3.8) is 0 Å². The number of anilines is 1. The topological polar surface area (TPSA) is 75.7 Å². The Balaban J connectivity index is 1.79. The summed E-state index contributed by atoms with van der Waals surface area (Å²) in [5.74, 6) is -0.191. The van der Waals surface area contributed by atoms with E-state index >= 15 is 0 Å². The molecule has 32 heavy (non-hydrogen) atoms. The SMILES string of the molecule is CCOc1ccc(S(=O)(=O)N2CCCCC2)cc1NC(=O)Cc1ccc(C(F)(F)F)cc1. The Morgan fingerprint density at radius 1 is 1.06 bits per heavy atom. The van der Waals surface area contributed by atoms with Crippen molar-refractivity contribution in [2.75, 3.05) is 25.0 Å². The Morgan fingerprint density at radius 3 is 2.31 bits per heavy atom. The van der Waals surface area contributed by atoms with Gasteiger partial charge in [0.1, 0.15) is 5.75 Å². The summed E-state index contributed by atoms with van der Waals surface area (Å²) >= 11 is 0. The number of nitrogens with zero attached hydrogens (tertiary/aromatic N) is 1. The maximum Gasteiger partial charge on any atom is 0.416 e. The highest BCUT2D eigenvalue weighted by molar-refractivity contribution is 7.89. The molecule has 0 spiro atoms. The molecule has 0 aromatic heterocycles. The smallest absolute Gasteiger partial charge is 0.416 e. The number of carbonyl (C=O) groups is 1. The van der Waals surface area contributed by atoms with Crippen molar-refractivity contribution in [1.29, 1.82) is 0 Å². The van der Waals surface area contributed by atoms with E-state index in [4.69, 9.17) is 4.74 Å². The summed E-state index contributed by atoms with van der Waals surface area (Å²) in [7, 11) is -3.71. The van der Waals surface area contributed by atoms with Crippen molar-refractivity contribution < 1.29 is 31.1 Å². The van der Waals surface area contributed by atoms with Crippen LogP contribution in [0.25, 0.3) is 0 Å². The van der Waals surface area contributed by atoms with Gasteiger partial charge in [-0.15, -0.1) is 0 Å². The van der Waals surface area contributed by atoms with Gasteiger partial charge in [0.05, 0.1) is 29.2 Å². The predicted molar refractivity (Wildman–Crippen MR) is 114 cm³/mol. The zero-order chi connectivity index (χ0) is 23.4. The van der Waals surface area contributed by atoms with Gasteiger partial charge < -0.3 is 10.1 Å². The van der Waals surface area contributed by atoms with E-state index in [1.165, 1.54) is 34.6 Å². The van der Waals surface area contributed by atoms with Crippen LogP contribution in [0.1, 0.15) is 37.3 Å². The van der Waals surface area contributed by atoms with E-state index in [1.54, 1.807) is 6.92 Å². The van der Waals surface area contributed by atoms with E-state index in [0.29, 0.717) is 31.0 Å². The molecule has 1 amide bonds. The van der Waals surface area contributed by atoms with E-state index in [9.17, 15) is 26.4 Å². The first-order chi connectivity index (χ1) is 15.1. The number of ether oxygens (including phenoxy) is 1. The summed E-state index contributed by atoms with van der Waals surface area (Å²) in [6, 6.07) is 8.61. The summed E-state index contributed by atoms with van der Waals surface area (Å²) in [6.45, 7) is 2.96. The molecule has 10 heteroatoms. The third-order valence-electron chi connectivity index (χ3n) is 5.12. The van der Waals surface area contributed by atoms with Crippen molar-refractivity contribution in [2.24, 2.45) is 0 Å². The maximum atomic E-state index is 13.0. The van der Waals surface area contributed by atoms with E-state index in [2.05, 4.69) is 5.32 Å². The molecule has 0 bridgehead atoms. The molecule has 0 unspecified atom stereocenters. The minimum Gasteiger partial charge on any atom is -0.492 e. The fraction of sp³-hybridized carbons (Fsp3) is 0.409. The molecule has 3 rings (SSSR count). The molecule has 1 aliphatic rings. The first kappa shape index (κ1) is 24.1. The highest BCUT2D eigenvalue weighted by atomic mass is 32.2. The molecule has 1 heterocycles. The maximum absolute atomic E-state index is 13.0. The lowest BCUT2D eigenvalue weighted by Gasteiger charge is -2.26. The van der Waals surface area contributed by atoms with Crippen LogP contribution in [-0.2, 0) is 27.4 Å². The van der Waals surface area contributed by atoms with Crippen LogP contribution in [0, 0.1) is 0 Å². The van der Waals surface area contributed by atoms with Crippen LogP contribution in [0.15, 0.2) is 47.4 Å². The molecule has 1 fully saturated rings. The van der Waals surface area contributed by atoms with Crippen molar-refractivity contribution >= 4 is 21.6 Å². The highest BCUT2D eigenvalue weighted by Crippen LogP contribution is 2.31. The van der Waals surface area contributed by atoms with Crippen LogP contribution in [0.3, 0.4) is 0 Å². The number of amides is 1. The molecule has 1 aliphatic heterocycles. The number of piperidine rings is 1. The number of halogens is 3. The van der Waals surface area contributed by atoms with Crippen molar-refractivity contribution in [3.05, 3.63) is 53.6 Å². The summed E-state index contributed by atoms with van der Waals surface area (Å²) < 4.78 is 71.0. The van der Waals surface area contributed by atoms with E-state index in [0.717, 1.165) is 31.4 Å². The number of nitrogens with one attached hydrogen (secondary N) is 1. The number of rotatable bonds is 7. The van der Waals surface area contributed by atoms with Gasteiger partial charge in [-0.2, -0.15) is 17.5 Å². The lowest BCUT2D eigenvalue weighted by Crippen LogP contribution is -2.35. The standard InChI is InChI=1S/C22H25F3N2O4S/c1-2-31-20-11-10-18(32(29,30)27-12-4-3-5-13-27)15-19(20)26-21(28)14-16-6-8-17(9-7-16)22(23,24)25/h6-11,15H,2-5,12-14H2,1H3,(H,26,28). The normalized spacial score (nSPS) is 15.4. The third-order valence-corrected chi connectivity index (χ3v) is 7.02. The second-order valence-electron chi connectivity index (χ2n) is 7.48. The van der Waals surface area contributed by atoms with Crippen molar-refractivity contribution in [1.82, 2.24) is 4.31 Å². The zero-order valence-corrected chi connectivity index (χ0v) is 18.4. The van der Waals surface area contributed by atoms with Gasteiger partial charge in [-0.3, -0.25) is 4.79 Å². The fourth-order valence-electron chi connectivity index (χ4n) is 3.49. The monoisotopic (exact) mass is 470 g/mol. The van der Waals surface area contributed by atoms with Crippen LogP contribution in [0.2, 0.25) is 0 Å². The largest absolute Gasteiger partial charge is 0.492 e. The molecule has 6 nitrogen and oxygen atoms in total. The Bertz CT molecular complexity index is 1050. The zero-order valence-electron chi connectivity index (χ0n) is 17.6. The molecule has 1 saturated heterocycles. The van der Waals surface area contributed by atoms with Gasteiger partial charge in [0, 0.05) is 13.1 Å². The minimum absolute atomic E-state index is 0.0488. The average Bonchev–Trinajstić information content (AvgIpc) is 2.75. The Morgan fingerprint density at radius 2 is 1.72 bits per heavy atom. The van der Waals surface area contributed by atoms with Crippen LogP contribution >= 0.6 is 0 Å².